The van der Waals surface area contributed by atoms with Crippen LogP contribution in [0, 0.1) is 18.3 Å². The molecule has 0 amide bonds. The van der Waals surface area contributed by atoms with Crippen LogP contribution in [0.2, 0.25) is 0 Å². The van der Waals surface area contributed by atoms with E-state index in [1.165, 1.54) is 5.56 Å². The fourth-order valence-corrected chi connectivity index (χ4v) is 2.80. The first-order valence-corrected chi connectivity index (χ1v) is 7.03. The number of alkyl halides is 1. The molecule has 1 aromatic heterocycles. The van der Waals surface area contributed by atoms with Gasteiger partial charge in [-0.25, -0.2) is 0 Å². The predicted molar refractivity (Wildman–Crippen MR) is 79.8 cm³/mol. The lowest BCUT2D eigenvalue weighted by Gasteiger charge is -2.20. The summed E-state index contributed by atoms with van der Waals surface area (Å²) in [5, 5.41) is 14.1. The number of nitrogens with zero attached hydrogens (tertiary/aromatic N) is 4. The summed E-state index contributed by atoms with van der Waals surface area (Å²) >= 11 is 3.51. The summed E-state index contributed by atoms with van der Waals surface area (Å²) in [5.41, 5.74) is 3.90. The highest BCUT2D eigenvalue weighted by Gasteiger charge is 2.16. The van der Waals surface area contributed by atoms with Gasteiger partial charge in [-0.1, -0.05) is 15.9 Å². The van der Waals surface area contributed by atoms with E-state index in [1.807, 2.05) is 50.0 Å². The van der Waals surface area contributed by atoms with Gasteiger partial charge < -0.3 is 4.90 Å². The third kappa shape index (κ3) is 2.49. The zero-order valence-electron chi connectivity index (χ0n) is 11.2. The molecule has 0 unspecified atom stereocenters. The van der Waals surface area contributed by atoms with Crippen LogP contribution in [0.3, 0.4) is 0 Å². The summed E-state index contributed by atoms with van der Waals surface area (Å²) in [6.45, 7) is 2.01. The van der Waals surface area contributed by atoms with Crippen LogP contribution in [0.1, 0.15) is 16.8 Å². The molecule has 0 aliphatic carbocycles. The molecule has 0 fully saturated rings. The van der Waals surface area contributed by atoms with Crippen LogP contribution < -0.4 is 4.90 Å². The Balaban J connectivity index is 2.43. The summed E-state index contributed by atoms with van der Waals surface area (Å²) in [7, 11) is 3.94. The lowest BCUT2D eigenvalue weighted by atomic mass is 10.2. The second-order valence-electron chi connectivity index (χ2n) is 4.36. The van der Waals surface area contributed by atoms with Gasteiger partial charge in [0.1, 0.15) is 5.82 Å². The van der Waals surface area contributed by atoms with Crippen LogP contribution in [0.4, 0.5) is 11.5 Å². The van der Waals surface area contributed by atoms with Crippen molar-refractivity contribution in [2.24, 2.45) is 7.05 Å². The van der Waals surface area contributed by atoms with Crippen LogP contribution in [0.15, 0.2) is 24.3 Å². The Kier molecular flexibility index (Phi) is 3.91. The Morgan fingerprint density at radius 1 is 1.37 bits per heavy atom. The molecule has 0 aliphatic rings. The van der Waals surface area contributed by atoms with Crippen molar-refractivity contribution in [2.45, 2.75) is 12.3 Å². The number of anilines is 2. The van der Waals surface area contributed by atoms with E-state index in [0.717, 1.165) is 22.5 Å². The molecular weight excluding hydrogens is 304 g/mol. The second kappa shape index (κ2) is 5.45. The summed E-state index contributed by atoms with van der Waals surface area (Å²) in [6.07, 6.45) is 0. The molecule has 1 heterocycles. The van der Waals surface area contributed by atoms with Gasteiger partial charge in [0.25, 0.3) is 0 Å². The van der Waals surface area contributed by atoms with Gasteiger partial charge in [0.2, 0.25) is 0 Å². The Morgan fingerprint density at radius 3 is 2.53 bits per heavy atom. The van der Waals surface area contributed by atoms with Crippen LogP contribution in [0.25, 0.3) is 0 Å². The molecule has 0 N–H and O–H groups in total. The monoisotopic (exact) mass is 318 g/mol. The molecule has 2 rings (SSSR count). The molecule has 98 valence electrons. The lowest BCUT2D eigenvalue weighted by Crippen LogP contribution is -2.15. The molecular formula is C14H15BrN4. The van der Waals surface area contributed by atoms with E-state index >= 15 is 0 Å². The number of aryl methyl sites for hydroxylation is 2. The van der Waals surface area contributed by atoms with E-state index in [9.17, 15) is 0 Å². The highest BCUT2D eigenvalue weighted by molar-refractivity contribution is 9.08. The van der Waals surface area contributed by atoms with Crippen LogP contribution in [-0.2, 0) is 12.4 Å². The molecule has 1 aromatic carbocycles. The molecule has 0 spiro atoms. The van der Waals surface area contributed by atoms with Gasteiger partial charge in [0.05, 0.1) is 17.3 Å². The normalized spacial score (nSPS) is 10.3. The minimum absolute atomic E-state index is 0.666. The van der Waals surface area contributed by atoms with E-state index in [-0.39, 0.29) is 0 Å². The highest BCUT2D eigenvalue weighted by atomic mass is 79.9. The second-order valence-corrected chi connectivity index (χ2v) is 4.92. The topological polar surface area (TPSA) is 44.9 Å². The van der Waals surface area contributed by atoms with Crippen LogP contribution >= 0.6 is 15.9 Å². The lowest BCUT2D eigenvalue weighted by molar-refractivity contribution is 0.750. The Hall–Kier alpha value is -1.80. The standard InChI is InChI=1S/C14H15BrN4/c1-10-13(8-15)14(19(3)17-10)18(2)12-6-4-11(9-16)5-7-12/h4-7H,8H2,1-3H3. The molecule has 0 saturated carbocycles. The van der Waals surface area contributed by atoms with Gasteiger partial charge >= 0.3 is 0 Å². The maximum atomic E-state index is 8.83. The van der Waals surface area contributed by atoms with Crippen molar-refractivity contribution in [1.82, 2.24) is 9.78 Å². The van der Waals surface area contributed by atoms with Crippen molar-refractivity contribution in [1.29, 1.82) is 5.26 Å². The Bertz CT molecular complexity index is 622. The van der Waals surface area contributed by atoms with Crippen molar-refractivity contribution in [3.05, 3.63) is 41.1 Å². The highest BCUT2D eigenvalue weighted by Crippen LogP contribution is 2.30. The molecule has 19 heavy (non-hydrogen) atoms. The van der Waals surface area contributed by atoms with E-state index in [4.69, 9.17) is 5.26 Å². The van der Waals surface area contributed by atoms with Gasteiger partial charge in [0.15, 0.2) is 0 Å². The molecule has 0 aliphatic heterocycles. The third-order valence-corrected chi connectivity index (χ3v) is 3.71. The number of aromatic nitrogens is 2. The van der Waals surface area contributed by atoms with Gasteiger partial charge in [-0.2, -0.15) is 10.4 Å². The molecule has 2 aromatic rings. The fraction of sp³-hybridized carbons (Fsp3) is 0.286. The molecule has 4 nitrogen and oxygen atoms in total. The zero-order chi connectivity index (χ0) is 14.0. The van der Waals surface area contributed by atoms with Gasteiger partial charge in [-0.05, 0) is 31.2 Å². The fourth-order valence-electron chi connectivity index (χ4n) is 2.15. The number of nitriles is 1. The number of hydrogen-bond acceptors (Lipinski definition) is 3. The minimum Gasteiger partial charge on any atom is -0.329 e. The van der Waals surface area contributed by atoms with E-state index in [1.54, 1.807) is 0 Å². The molecule has 5 heteroatoms. The smallest absolute Gasteiger partial charge is 0.135 e. The van der Waals surface area contributed by atoms with E-state index < -0.39 is 0 Å². The van der Waals surface area contributed by atoms with Gasteiger partial charge in [0, 0.05) is 30.7 Å². The van der Waals surface area contributed by atoms with Crippen LogP contribution in [0.5, 0.6) is 0 Å². The maximum Gasteiger partial charge on any atom is 0.135 e. The largest absolute Gasteiger partial charge is 0.329 e. The quantitative estimate of drug-likeness (QED) is 0.816. The molecule has 0 saturated heterocycles. The predicted octanol–water partition coefficient (Wildman–Crippen LogP) is 3.26. The van der Waals surface area contributed by atoms with Crippen molar-refractivity contribution in [2.75, 3.05) is 11.9 Å². The van der Waals surface area contributed by atoms with Gasteiger partial charge in [-0.3, -0.25) is 4.68 Å². The Morgan fingerprint density at radius 2 is 2.00 bits per heavy atom. The van der Waals surface area contributed by atoms with Crippen molar-refractivity contribution in [3.8, 4) is 6.07 Å². The summed E-state index contributed by atoms with van der Waals surface area (Å²) in [6, 6.07) is 9.66. The SMILES string of the molecule is Cc1nn(C)c(N(C)c2ccc(C#N)cc2)c1CBr. The first-order valence-electron chi connectivity index (χ1n) is 5.90. The average Bonchev–Trinajstić information content (AvgIpc) is 2.72. The first-order chi connectivity index (χ1) is 9.08. The van der Waals surface area contributed by atoms with Crippen LogP contribution in [-0.4, -0.2) is 16.8 Å². The van der Waals surface area contributed by atoms with E-state index in [0.29, 0.717) is 5.56 Å². The first kappa shape index (κ1) is 13.6. The number of hydrogen-bond donors (Lipinski definition) is 0. The Labute approximate surface area is 121 Å². The minimum atomic E-state index is 0.666. The molecule has 0 bridgehead atoms. The molecule has 0 atom stereocenters. The zero-order valence-corrected chi connectivity index (χ0v) is 12.8. The number of halogens is 1. The summed E-state index contributed by atoms with van der Waals surface area (Å²) < 4.78 is 1.88. The van der Waals surface area contributed by atoms with E-state index in [2.05, 4.69) is 32.0 Å². The average molecular weight is 319 g/mol. The van der Waals surface area contributed by atoms with Crippen molar-refractivity contribution < 1.29 is 0 Å². The summed E-state index contributed by atoms with van der Waals surface area (Å²) in [4.78, 5) is 2.08. The third-order valence-electron chi connectivity index (χ3n) is 3.15. The maximum absolute atomic E-state index is 8.83. The number of rotatable bonds is 3. The summed E-state index contributed by atoms with van der Waals surface area (Å²) in [5.74, 6) is 1.05. The number of benzene rings is 1. The van der Waals surface area contributed by atoms with Gasteiger partial charge in [-0.15, -0.1) is 0 Å². The van der Waals surface area contributed by atoms with Crippen molar-refractivity contribution >= 4 is 27.4 Å². The molecule has 0 radical (unpaired) electrons. The van der Waals surface area contributed by atoms with Crippen molar-refractivity contribution in [3.63, 3.8) is 0 Å².